The molecule has 1 aromatic rings. The molecule has 104 valence electrons. The van der Waals surface area contributed by atoms with E-state index in [0.29, 0.717) is 5.76 Å². The van der Waals surface area contributed by atoms with Crippen LogP contribution in [0.4, 0.5) is 0 Å². The lowest BCUT2D eigenvalue weighted by molar-refractivity contribution is 0.483. The van der Waals surface area contributed by atoms with Gasteiger partial charge in [-0.2, -0.15) is 11.8 Å². The second kappa shape index (κ2) is 6.95. The van der Waals surface area contributed by atoms with Crippen LogP contribution in [0.25, 0.3) is 0 Å². The maximum Gasteiger partial charge on any atom is 0.245 e. The summed E-state index contributed by atoms with van der Waals surface area (Å²) in [5.74, 6) is 1.34. The quantitative estimate of drug-likeness (QED) is 0.779. The minimum atomic E-state index is -3.57. The molecule has 1 atom stereocenters. The number of thioether (sulfide) groups is 1. The monoisotopic (exact) mass is 356 g/mol. The van der Waals surface area contributed by atoms with E-state index < -0.39 is 10.0 Å². The summed E-state index contributed by atoms with van der Waals surface area (Å²) in [7, 11) is -3.57. The van der Waals surface area contributed by atoms with Crippen molar-refractivity contribution in [2.75, 3.05) is 12.0 Å². The number of sulfonamides is 1. The Labute approximate surface area is 120 Å². The Morgan fingerprint density at radius 1 is 1.61 bits per heavy atom. The highest BCUT2D eigenvalue weighted by Gasteiger charge is 2.23. The number of nitrogens with one attached hydrogen (secondary N) is 1. The standard InChI is InChI=1S/C10H17BrN2O3S2/c1-7(3-4-17-2)13-18(14,15)9-5-8(6-12)16-10(9)11/h5,7,13H,3-4,6,12H2,1-2H3. The van der Waals surface area contributed by atoms with Crippen molar-refractivity contribution in [2.24, 2.45) is 5.73 Å². The molecule has 5 nitrogen and oxygen atoms in total. The summed E-state index contributed by atoms with van der Waals surface area (Å²) in [4.78, 5) is 0.0963. The molecule has 1 unspecified atom stereocenters. The normalized spacial score (nSPS) is 13.8. The van der Waals surface area contributed by atoms with E-state index in [-0.39, 0.29) is 22.2 Å². The molecule has 0 amide bonds. The van der Waals surface area contributed by atoms with E-state index in [1.807, 2.05) is 13.2 Å². The molecule has 3 N–H and O–H groups in total. The fourth-order valence-electron chi connectivity index (χ4n) is 1.36. The van der Waals surface area contributed by atoms with Crippen molar-refractivity contribution in [3.05, 3.63) is 16.5 Å². The zero-order valence-corrected chi connectivity index (χ0v) is 13.5. The number of hydrogen-bond donors (Lipinski definition) is 2. The number of rotatable bonds is 7. The van der Waals surface area contributed by atoms with Gasteiger partial charge in [-0.1, -0.05) is 0 Å². The second-order valence-corrected chi connectivity index (χ2v) is 7.25. The van der Waals surface area contributed by atoms with Gasteiger partial charge in [-0.3, -0.25) is 0 Å². The largest absolute Gasteiger partial charge is 0.452 e. The van der Waals surface area contributed by atoms with Crippen LogP contribution in [-0.2, 0) is 16.6 Å². The van der Waals surface area contributed by atoms with Crippen LogP contribution < -0.4 is 10.5 Å². The second-order valence-electron chi connectivity index (χ2n) is 3.86. The first kappa shape index (κ1) is 16.0. The molecule has 8 heteroatoms. The minimum Gasteiger partial charge on any atom is -0.452 e. The van der Waals surface area contributed by atoms with Crippen LogP contribution in [0.2, 0.25) is 0 Å². The predicted molar refractivity (Wildman–Crippen MR) is 77.1 cm³/mol. The lowest BCUT2D eigenvalue weighted by Crippen LogP contribution is -2.32. The SMILES string of the molecule is CSCCC(C)NS(=O)(=O)c1cc(CN)oc1Br. The summed E-state index contributed by atoms with van der Waals surface area (Å²) in [6, 6.07) is 1.32. The van der Waals surface area contributed by atoms with Gasteiger partial charge in [-0.15, -0.1) is 0 Å². The lowest BCUT2D eigenvalue weighted by atomic mass is 10.3. The molecule has 0 aliphatic carbocycles. The van der Waals surface area contributed by atoms with Crippen LogP contribution in [0.1, 0.15) is 19.1 Å². The maximum atomic E-state index is 12.1. The Kier molecular flexibility index (Phi) is 6.19. The van der Waals surface area contributed by atoms with Crippen LogP contribution in [0.3, 0.4) is 0 Å². The summed E-state index contributed by atoms with van der Waals surface area (Å²) < 4.78 is 32.2. The van der Waals surface area contributed by atoms with Crippen molar-refractivity contribution in [3.8, 4) is 0 Å². The molecule has 18 heavy (non-hydrogen) atoms. The fourth-order valence-corrected chi connectivity index (χ4v) is 4.23. The molecule has 0 radical (unpaired) electrons. The smallest absolute Gasteiger partial charge is 0.245 e. The highest BCUT2D eigenvalue weighted by Crippen LogP contribution is 2.26. The Balaban J connectivity index is 2.82. The first-order valence-electron chi connectivity index (χ1n) is 5.40. The van der Waals surface area contributed by atoms with Crippen LogP contribution in [0.5, 0.6) is 0 Å². The van der Waals surface area contributed by atoms with Gasteiger partial charge in [0.05, 0.1) is 6.54 Å². The topological polar surface area (TPSA) is 85.3 Å². The Morgan fingerprint density at radius 3 is 2.78 bits per heavy atom. The number of hydrogen-bond acceptors (Lipinski definition) is 5. The predicted octanol–water partition coefficient (Wildman–Crippen LogP) is 1.92. The highest BCUT2D eigenvalue weighted by atomic mass is 79.9. The molecule has 0 aromatic carbocycles. The van der Waals surface area contributed by atoms with E-state index in [2.05, 4.69) is 20.7 Å². The van der Waals surface area contributed by atoms with E-state index in [1.54, 1.807) is 11.8 Å². The molecule has 1 rings (SSSR count). The first-order chi connectivity index (χ1) is 8.40. The average molecular weight is 357 g/mol. The third-order valence-corrected chi connectivity index (χ3v) is 5.40. The molecular weight excluding hydrogens is 340 g/mol. The van der Waals surface area contributed by atoms with E-state index >= 15 is 0 Å². The Morgan fingerprint density at radius 2 is 2.28 bits per heavy atom. The Hall–Kier alpha value is -0.0200. The lowest BCUT2D eigenvalue weighted by Gasteiger charge is -2.12. The summed E-state index contributed by atoms with van der Waals surface area (Å²) in [5, 5.41) is 0. The number of nitrogens with two attached hydrogens (primary N) is 1. The fraction of sp³-hybridized carbons (Fsp3) is 0.600. The Bertz CT molecular complexity index is 487. The third-order valence-electron chi connectivity index (χ3n) is 2.31. The van der Waals surface area contributed by atoms with Crippen LogP contribution in [-0.4, -0.2) is 26.5 Å². The van der Waals surface area contributed by atoms with E-state index in [0.717, 1.165) is 12.2 Å². The van der Waals surface area contributed by atoms with Crippen molar-refractivity contribution in [3.63, 3.8) is 0 Å². The summed E-state index contributed by atoms with van der Waals surface area (Å²) >= 11 is 4.77. The van der Waals surface area contributed by atoms with Gasteiger partial charge in [-0.05, 0) is 41.3 Å². The number of furan rings is 1. The van der Waals surface area contributed by atoms with Gasteiger partial charge in [0.2, 0.25) is 10.0 Å². The van der Waals surface area contributed by atoms with Gasteiger partial charge >= 0.3 is 0 Å². The number of halogens is 1. The first-order valence-corrected chi connectivity index (χ1v) is 9.07. The molecule has 0 saturated heterocycles. The highest BCUT2D eigenvalue weighted by molar-refractivity contribution is 9.10. The summed E-state index contributed by atoms with van der Waals surface area (Å²) in [6.45, 7) is 2.00. The molecule has 0 bridgehead atoms. The molecule has 1 aromatic heterocycles. The molecule has 0 saturated carbocycles. The summed E-state index contributed by atoms with van der Waals surface area (Å²) in [6.07, 6.45) is 2.76. The van der Waals surface area contributed by atoms with Gasteiger partial charge in [0, 0.05) is 12.1 Å². The van der Waals surface area contributed by atoms with Crippen molar-refractivity contribution in [1.29, 1.82) is 0 Å². The van der Waals surface area contributed by atoms with Gasteiger partial charge in [0.15, 0.2) is 4.67 Å². The van der Waals surface area contributed by atoms with Crippen molar-refractivity contribution < 1.29 is 12.8 Å². The van der Waals surface area contributed by atoms with E-state index in [9.17, 15) is 8.42 Å². The zero-order chi connectivity index (χ0) is 13.8. The van der Waals surface area contributed by atoms with Gasteiger partial charge in [0.1, 0.15) is 10.7 Å². The third kappa shape index (κ3) is 4.27. The van der Waals surface area contributed by atoms with E-state index in [1.165, 1.54) is 6.07 Å². The summed E-state index contributed by atoms with van der Waals surface area (Å²) in [5.41, 5.74) is 5.41. The average Bonchev–Trinajstić information content (AvgIpc) is 2.68. The van der Waals surface area contributed by atoms with Gasteiger partial charge in [-0.25, -0.2) is 13.1 Å². The molecule has 1 heterocycles. The van der Waals surface area contributed by atoms with Gasteiger partial charge in [0.25, 0.3) is 0 Å². The molecular formula is C10H17BrN2O3S2. The molecule has 0 aliphatic heterocycles. The van der Waals surface area contributed by atoms with Crippen molar-refractivity contribution >= 4 is 37.7 Å². The van der Waals surface area contributed by atoms with Gasteiger partial charge < -0.3 is 10.2 Å². The van der Waals surface area contributed by atoms with Crippen molar-refractivity contribution in [1.82, 2.24) is 4.72 Å². The molecule has 0 spiro atoms. The molecule has 0 fully saturated rings. The van der Waals surface area contributed by atoms with Crippen LogP contribution in [0, 0.1) is 0 Å². The van der Waals surface area contributed by atoms with Crippen LogP contribution in [0.15, 0.2) is 20.0 Å². The van der Waals surface area contributed by atoms with Crippen LogP contribution >= 0.6 is 27.7 Å². The minimum absolute atomic E-state index is 0.0963. The zero-order valence-electron chi connectivity index (χ0n) is 10.3. The van der Waals surface area contributed by atoms with Crippen molar-refractivity contribution in [2.45, 2.75) is 30.8 Å². The maximum absolute atomic E-state index is 12.1. The molecule has 0 aliphatic rings. The van der Waals surface area contributed by atoms with E-state index in [4.69, 9.17) is 10.2 Å².